The van der Waals surface area contributed by atoms with Crippen LogP contribution in [-0.2, 0) is 14.3 Å². The van der Waals surface area contributed by atoms with Gasteiger partial charge in [-0.05, 0) is 30.3 Å². The minimum atomic E-state index is -0.788. The highest BCUT2D eigenvalue weighted by atomic mass is 19.1. The van der Waals surface area contributed by atoms with E-state index in [0.29, 0.717) is 0 Å². The summed E-state index contributed by atoms with van der Waals surface area (Å²) in [6.45, 7) is -0.588. The number of nitrogens with one attached hydrogen (secondary N) is 1. The molecule has 7 heteroatoms. The Morgan fingerprint density at radius 1 is 1.00 bits per heavy atom. The summed E-state index contributed by atoms with van der Waals surface area (Å²) in [7, 11) is 1.22. The van der Waals surface area contributed by atoms with Crippen LogP contribution >= 0.6 is 0 Å². The zero-order valence-electron chi connectivity index (χ0n) is 12.7. The number of para-hydroxylation sites is 1. The van der Waals surface area contributed by atoms with Crippen molar-refractivity contribution in [3.05, 3.63) is 65.5 Å². The molecule has 0 aliphatic carbocycles. The zero-order valence-corrected chi connectivity index (χ0v) is 12.7. The van der Waals surface area contributed by atoms with Crippen LogP contribution in [0.2, 0.25) is 0 Å². The van der Waals surface area contributed by atoms with Crippen molar-refractivity contribution in [2.45, 2.75) is 0 Å². The zero-order chi connectivity index (χ0) is 17.5. The predicted molar refractivity (Wildman–Crippen MR) is 83.1 cm³/mol. The molecular weight excluding hydrogens is 317 g/mol. The van der Waals surface area contributed by atoms with Crippen molar-refractivity contribution in [2.24, 2.45) is 0 Å². The highest BCUT2D eigenvalue weighted by Gasteiger charge is 2.14. The van der Waals surface area contributed by atoms with E-state index in [1.807, 2.05) is 0 Å². The first-order valence-corrected chi connectivity index (χ1v) is 6.91. The first-order chi connectivity index (χ1) is 11.5. The first kappa shape index (κ1) is 17.1. The van der Waals surface area contributed by atoms with Gasteiger partial charge in [0, 0.05) is 0 Å². The third kappa shape index (κ3) is 4.39. The van der Waals surface area contributed by atoms with Gasteiger partial charge in [-0.15, -0.1) is 0 Å². The number of ether oxygens (including phenoxy) is 2. The van der Waals surface area contributed by atoms with E-state index in [1.165, 1.54) is 49.6 Å². The number of halogens is 1. The third-order valence-electron chi connectivity index (χ3n) is 3.00. The number of methoxy groups -OCH3 is 1. The van der Waals surface area contributed by atoms with Crippen LogP contribution in [0.15, 0.2) is 48.5 Å². The van der Waals surface area contributed by atoms with E-state index in [-0.39, 0.29) is 16.8 Å². The van der Waals surface area contributed by atoms with E-state index in [2.05, 4.69) is 10.1 Å². The van der Waals surface area contributed by atoms with Crippen molar-refractivity contribution in [3.8, 4) is 0 Å². The van der Waals surface area contributed by atoms with E-state index in [9.17, 15) is 18.8 Å². The number of carbonyl (C=O) groups is 3. The van der Waals surface area contributed by atoms with Gasteiger partial charge in [0.05, 0.1) is 23.9 Å². The molecule has 0 radical (unpaired) electrons. The molecule has 0 bridgehead atoms. The lowest BCUT2D eigenvalue weighted by Crippen LogP contribution is -2.21. The molecule has 0 spiro atoms. The molecule has 24 heavy (non-hydrogen) atoms. The number of benzene rings is 2. The molecule has 0 saturated heterocycles. The van der Waals surface area contributed by atoms with Crippen LogP contribution in [0, 0.1) is 5.82 Å². The van der Waals surface area contributed by atoms with Gasteiger partial charge in [-0.25, -0.2) is 14.0 Å². The monoisotopic (exact) mass is 331 g/mol. The van der Waals surface area contributed by atoms with Crippen LogP contribution in [0.4, 0.5) is 10.1 Å². The predicted octanol–water partition coefficient (Wildman–Crippen LogP) is 2.41. The minimum absolute atomic E-state index is 0.00811. The van der Waals surface area contributed by atoms with Crippen molar-refractivity contribution in [2.75, 3.05) is 19.0 Å². The molecule has 2 aromatic carbocycles. The summed E-state index contributed by atoms with van der Waals surface area (Å²) in [5.41, 5.74) is 0.269. The molecule has 2 rings (SSSR count). The summed E-state index contributed by atoms with van der Waals surface area (Å²) in [6, 6.07) is 11.3. The van der Waals surface area contributed by atoms with Crippen LogP contribution in [0.3, 0.4) is 0 Å². The van der Waals surface area contributed by atoms with Gasteiger partial charge in [0.2, 0.25) is 0 Å². The lowest BCUT2D eigenvalue weighted by molar-refractivity contribution is -0.119. The van der Waals surface area contributed by atoms with Crippen molar-refractivity contribution >= 4 is 23.5 Å². The number of hydrogen-bond acceptors (Lipinski definition) is 5. The largest absolute Gasteiger partial charge is 0.465 e. The average molecular weight is 331 g/mol. The highest BCUT2D eigenvalue weighted by molar-refractivity contribution is 5.97. The van der Waals surface area contributed by atoms with Crippen LogP contribution in [-0.4, -0.2) is 31.6 Å². The molecule has 1 amide bonds. The van der Waals surface area contributed by atoms with Gasteiger partial charge in [-0.3, -0.25) is 4.79 Å². The number of rotatable bonds is 5. The van der Waals surface area contributed by atoms with E-state index < -0.39 is 30.3 Å². The molecule has 0 heterocycles. The fraction of sp³-hybridized carbons (Fsp3) is 0.118. The maximum Gasteiger partial charge on any atom is 0.338 e. The number of carbonyl (C=O) groups excluding carboxylic acids is 3. The lowest BCUT2D eigenvalue weighted by atomic mass is 10.1. The first-order valence-electron chi connectivity index (χ1n) is 6.91. The van der Waals surface area contributed by atoms with Gasteiger partial charge in [-0.2, -0.15) is 0 Å². The van der Waals surface area contributed by atoms with Crippen LogP contribution < -0.4 is 5.32 Å². The maximum absolute atomic E-state index is 13.4. The summed E-state index contributed by atoms with van der Waals surface area (Å²) in [6.07, 6.45) is 0. The summed E-state index contributed by atoms with van der Waals surface area (Å²) < 4.78 is 22.8. The molecule has 1 N–H and O–H groups in total. The molecule has 2 aromatic rings. The highest BCUT2D eigenvalue weighted by Crippen LogP contribution is 2.12. The van der Waals surface area contributed by atoms with E-state index in [1.54, 1.807) is 6.07 Å². The molecular formula is C17H14FNO5. The fourth-order valence-electron chi connectivity index (χ4n) is 1.85. The van der Waals surface area contributed by atoms with Crippen molar-refractivity contribution in [3.63, 3.8) is 0 Å². The molecule has 124 valence electrons. The van der Waals surface area contributed by atoms with Crippen molar-refractivity contribution in [1.82, 2.24) is 0 Å². The molecule has 6 nitrogen and oxygen atoms in total. The number of esters is 2. The smallest absolute Gasteiger partial charge is 0.338 e. The molecule has 0 fully saturated rings. The minimum Gasteiger partial charge on any atom is -0.465 e. The van der Waals surface area contributed by atoms with Gasteiger partial charge in [-0.1, -0.05) is 18.2 Å². The van der Waals surface area contributed by atoms with E-state index >= 15 is 0 Å². The maximum atomic E-state index is 13.4. The number of anilines is 1. The van der Waals surface area contributed by atoms with Crippen molar-refractivity contribution in [1.29, 1.82) is 0 Å². The van der Waals surface area contributed by atoms with Gasteiger partial charge in [0.15, 0.2) is 6.61 Å². The Morgan fingerprint density at radius 3 is 2.33 bits per heavy atom. The molecule has 0 saturated carbocycles. The van der Waals surface area contributed by atoms with Gasteiger partial charge < -0.3 is 14.8 Å². The Morgan fingerprint density at radius 2 is 1.67 bits per heavy atom. The second-order valence-corrected chi connectivity index (χ2v) is 4.68. The molecule has 0 atom stereocenters. The Hall–Kier alpha value is -3.22. The van der Waals surface area contributed by atoms with Crippen LogP contribution in [0.5, 0.6) is 0 Å². The Labute approximate surface area is 137 Å². The van der Waals surface area contributed by atoms with E-state index in [0.717, 1.165) is 0 Å². The lowest BCUT2D eigenvalue weighted by Gasteiger charge is -2.08. The van der Waals surface area contributed by atoms with Gasteiger partial charge in [0.25, 0.3) is 5.91 Å². The number of amides is 1. The average Bonchev–Trinajstić information content (AvgIpc) is 2.61. The van der Waals surface area contributed by atoms with Crippen LogP contribution in [0.1, 0.15) is 20.7 Å². The third-order valence-corrected chi connectivity index (χ3v) is 3.00. The van der Waals surface area contributed by atoms with Gasteiger partial charge in [0.1, 0.15) is 5.82 Å². The normalized spacial score (nSPS) is 9.92. The molecule has 0 unspecified atom stereocenters. The second-order valence-electron chi connectivity index (χ2n) is 4.68. The Balaban J connectivity index is 1.94. The summed E-state index contributed by atoms with van der Waals surface area (Å²) >= 11 is 0. The van der Waals surface area contributed by atoms with Gasteiger partial charge >= 0.3 is 11.9 Å². The molecule has 0 aromatic heterocycles. The molecule has 0 aliphatic heterocycles. The topological polar surface area (TPSA) is 81.7 Å². The fourth-order valence-corrected chi connectivity index (χ4v) is 1.85. The summed E-state index contributed by atoms with van der Waals surface area (Å²) in [5, 5.41) is 2.29. The van der Waals surface area contributed by atoms with Crippen LogP contribution in [0.25, 0.3) is 0 Å². The molecule has 0 aliphatic rings. The SMILES string of the molecule is COC(=O)c1cccc(C(=O)OCC(=O)Nc2ccccc2F)c1. The Kier molecular flexibility index (Phi) is 5.62. The second kappa shape index (κ2) is 7.87. The quantitative estimate of drug-likeness (QED) is 0.851. The summed E-state index contributed by atoms with van der Waals surface area (Å²) in [4.78, 5) is 35.0. The standard InChI is InChI=1S/C17H14FNO5/c1-23-16(21)11-5-4-6-12(9-11)17(22)24-10-15(20)19-14-8-3-2-7-13(14)18/h2-9H,10H2,1H3,(H,19,20). The number of hydrogen-bond donors (Lipinski definition) is 1. The Bertz CT molecular complexity index is 775. The van der Waals surface area contributed by atoms with E-state index in [4.69, 9.17) is 4.74 Å². The summed E-state index contributed by atoms with van der Waals surface area (Å²) in [5.74, 6) is -2.66. The van der Waals surface area contributed by atoms with Crippen molar-refractivity contribution < 1.29 is 28.2 Å².